The van der Waals surface area contributed by atoms with Crippen molar-refractivity contribution in [2.24, 2.45) is 0 Å². The third-order valence-corrected chi connectivity index (χ3v) is 3.64. The summed E-state index contributed by atoms with van der Waals surface area (Å²) in [4.78, 5) is 15.8. The molecule has 0 radical (unpaired) electrons. The maximum Gasteiger partial charge on any atom is 0.240 e. The minimum Gasteiger partial charge on any atom is -0.347 e. The quantitative estimate of drug-likeness (QED) is 0.883. The predicted octanol–water partition coefficient (Wildman–Crippen LogP) is 0.559. The van der Waals surface area contributed by atoms with Gasteiger partial charge in [0.25, 0.3) is 0 Å². The molecule has 1 saturated heterocycles. The first-order valence-electron chi connectivity index (χ1n) is 6.87. The van der Waals surface area contributed by atoms with E-state index in [2.05, 4.69) is 11.4 Å². The summed E-state index contributed by atoms with van der Waals surface area (Å²) in [5.41, 5.74) is 1.07. The molecule has 0 saturated carbocycles. The number of rotatable bonds is 3. The van der Waals surface area contributed by atoms with Crippen LogP contribution in [0.2, 0.25) is 0 Å². The molecule has 1 N–H and O–H groups in total. The lowest BCUT2D eigenvalue weighted by Gasteiger charge is -2.36. The maximum atomic E-state index is 13.4. The molecule has 6 heteroatoms. The Balaban J connectivity index is 2.22. The Morgan fingerprint density at radius 3 is 3.00 bits per heavy atom. The molecular formula is C15H19FN4O. The van der Waals surface area contributed by atoms with Crippen LogP contribution in [0.3, 0.4) is 0 Å². The summed E-state index contributed by atoms with van der Waals surface area (Å²) in [6.07, 6.45) is 0. The van der Waals surface area contributed by atoms with Crippen LogP contribution in [0.1, 0.15) is 11.1 Å². The average Bonchev–Trinajstić information content (AvgIpc) is 2.47. The van der Waals surface area contributed by atoms with Crippen molar-refractivity contribution in [3.05, 3.63) is 35.1 Å². The summed E-state index contributed by atoms with van der Waals surface area (Å²) in [6, 6.07) is 5.92. The fraction of sp³-hybridized carbons (Fsp3) is 0.467. The second-order valence-corrected chi connectivity index (χ2v) is 5.34. The molecule has 1 atom stereocenters. The van der Waals surface area contributed by atoms with E-state index in [4.69, 9.17) is 5.26 Å². The molecule has 2 rings (SSSR count). The smallest absolute Gasteiger partial charge is 0.240 e. The average molecular weight is 290 g/mol. The standard InChI is InChI=1S/C15H19FN4O/c1-19(2)15(21)14-9-18-5-6-20(14)10-12-7-13(16)4-3-11(12)8-17/h3-4,7,14,18H,5-6,9-10H2,1-2H3. The van der Waals surface area contributed by atoms with Crippen molar-refractivity contribution >= 4 is 5.91 Å². The molecule has 0 spiro atoms. The number of piperazine rings is 1. The van der Waals surface area contributed by atoms with Crippen molar-refractivity contribution in [2.45, 2.75) is 12.6 Å². The molecule has 1 unspecified atom stereocenters. The summed E-state index contributed by atoms with van der Waals surface area (Å²) in [6.45, 7) is 2.42. The van der Waals surface area contributed by atoms with E-state index < -0.39 is 0 Å². The topological polar surface area (TPSA) is 59.4 Å². The van der Waals surface area contributed by atoms with Crippen LogP contribution in [0.5, 0.6) is 0 Å². The molecule has 1 heterocycles. The van der Waals surface area contributed by atoms with E-state index in [1.54, 1.807) is 19.0 Å². The Morgan fingerprint density at radius 2 is 2.33 bits per heavy atom. The number of nitrogens with zero attached hydrogens (tertiary/aromatic N) is 3. The van der Waals surface area contributed by atoms with Crippen molar-refractivity contribution in [1.29, 1.82) is 5.26 Å². The number of nitrogens with one attached hydrogen (secondary N) is 1. The number of carbonyl (C=O) groups is 1. The van der Waals surface area contributed by atoms with Crippen LogP contribution in [0.15, 0.2) is 18.2 Å². The van der Waals surface area contributed by atoms with Gasteiger partial charge in [0.05, 0.1) is 11.6 Å². The zero-order valence-corrected chi connectivity index (χ0v) is 12.3. The number of carbonyl (C=O) groups excluding carboxylic acids is 1. The monoisotopic (exact) mass is 290 g/mol. The molecule has 0 aromatic heterocycles. The van der Waals surface area contributed by atoms with Gasteiger partial charge in [0.1, 0.15) is 11.9 Å². The number of nitriles is 1. The molecule has 1 aliphatic rings. The molecule has 1 fully saturated rings. The largest absolute Gasteiger partial charge is 0.347 e. The second kappa shape index (κ2) is 6.66. The third kappa shape index (κ3) is 3.57. The maximum absolute atomic E-state index is 13.4. The summed E-state index contributed by atoms with van der Waals surface area (Å²) in [5, 5.41) is 12.3. The van der Waals surface area contributed by atoms with Crippen molar-refractivity contribution in [3.8, 4) is 6.07 Å². The normalized spacial score (nSPS) is 19.0. The molecule has 5 nitrogen and oxygen atoms in total. The zero-order chi connectivity index (χ0) is 15.4. The van der Waals surface area contributed by atoms with Gasteiger partial charge in [-0.05, 0) is 23.8 Å². The van der Waals surface area contributed by atoms with Gasteiger partial charge >= 0.3 is 0 Å². The van der Waals surface area contributed by atoms with Crippen molar-refractivity contribution < 1.29 is 9.18 Å². The number of amides is 1. The Morgan fingerprint density at radius 1 is 1.57 bits per heavy atom. The van der Waals surface area contributed by atoms with Gasteiger partial charge in [-0.1, -0.05) is 0 Å². The van der Waals surface area contributed by atoms with Gasteiger partial charge in [-0.3, -0.25) is 9.69 Å². The van der Waals surface area contributed by atoms with Crippen LogP contribution >= 0.6 is 0 Å². The lowest BCUT2D eigenvalue weighted by molar-refractivity contribution is -0.135. The highest BCUT2D eigenvalue weighted by Gasteiger charge is 2.30. The highest BCUT2D eigenvalue weighted by molar-refractivity contribution is 5.81. The van der Waals surface area contributed by atoms with E-state index >= 15 is 0 Å². The van der Waals surface area contributed by atoms with Crippen LogP contribution in [0.4, 0.5) is 4.39 Å². The van der Waals surface area contributed by atoms with Gasteiger partial charge in [-0.15, -0.1) is 0 Å². The Kier molecular flexibility index (Phi) is 4.89. The minimum absolute atomic E-state index is 0.0112. The molecule has 1 aliphatic heterocycles. The Hall–Kier alpha value is -1.97. The van der Waals surface area contributed by atoms with Gasteiger partial charge in [-0.2, -0.15) is 5.26 Å². The fourth-order valence-corrected chi connectivity index (χ4v) is 2.50. The van der Waals surface area contributed by atoms with Gasteiger partial charge < -0.3 is 10.2 Å². The second-order valence-electron chi connectivity index (χ2n) is 5.34. The molecule has 1 aromatic carbocycles. The first kappa shape index (κ1) is 15.4. The van der Waals surface area contributed by atoms with Gasteiger partial charge in [0.2, 0.25) is 5.91 Å². The number of benzene rings is 1. The van der Waals surface area contributed by atoms with E-state index in [1.807, 2.05) is 4.90 Å². The van der Waals surface area contributed by atoms with Crippen LogP contribution in [0.25, 0.3) is 0 Å². The summed E-state index contributed by atoms with van der Waals surface area (Å²) in [5.74, 6) is -0.355. The van der Waals surface area contributed by atoms with Gasteiger partial charge in [0, 0.05) is 40.3 Å². The highest BCUT2D eigenvalue weighted by atomic mass is 19.1. The number of likely N-dealkylation sites (N-methyl/N-ethyl adjacent to an activating group) is 1. The zero-order valence-electron chi connectivity index (χ0n) is 12.3. The van der Waals surface area contributed by atoms with Crippen molar-refractivity contribution in [1.82, 2.24) is 15.1 Å². The highest BCUT2D eigenvalue weighted by Crippen LogP contribution is 2.16. The predicted molar refractivity (Wildman–Crippen MR) is 76.9 cm³/mol. The van der Waals surface area contributed by atoms with E-state index in [0.717, 1.165) is 6.54 Å². The summed E-state index contributed by atoms with van der Waals surface area (Å²) in [7, 11) is 3.44. The lowest BCUT2D eigenvalue weighted by Crippen LogP contribution is -2.57. The van der Waals surface area contributed by atoms with Gasteiger partial charge in [-0.25, -0.2) is 4.39 Å². The molecular weight excluding hydrogens is 271 g/mol. The van der Waals surface area contributed by atoms with E-state index in [9.17, 15) is 9.18 Å². The molecule has 0 aliphatic carbocycles. The summed E-state index contributed by atoms with van der Waals surface area (Å²) < 4.78 is 13.4. The van der Waals surface area contributed by atoms with E-state index in [1.165, 1.54) is 18.2 Å². The SMILES string of the molecule is CN(C)C(=O)C1CNCCN1Cc1cc(F)ccc1C#N. The first-order chi connectivity index (χ1) is 10.0. The Bertz CT molecular complexity index is 567. The molecule has 0 bridgehead atoms. The van der Waals surface area contributed by atoms with Crippen LogP contribution in [0, 0.1) is 17.1 Å². The lowest BCUT2D eigenvalue weighted by atomic mass is 10.1. The van der Waals surface area contributed by atoms with Crippen LogP contribution < -0.4 is 5.32 Å². The fourth-order valence-electron chi connectivity index (χ4n) is 2.50. The van der Waals surface area contributed by atoms with Crippen LogP contribution in [-0.4, -0.2) is 55.5 Å². The molecule has 1 aromatic rings. The third-order valence-electron chi connectivity index (χ3n) is 3.64. The number of hydrogen-bond acceptors (Lipinski definition) is 4. The van der Waals surface area contributed by atoms with Crippen LogP contribution in [-0.2, 0) is 11.3 Å². The number of hydrogen-bond donors (Lipinski definition) is 1. The number of halogens is 1. The van der Waals surface area contributed by atoms with Gasteiger partial charge in [0.15, 0.2) is 0 Å². The summed E-state index contributed by atoms with van der Waals surface area (Å²) >= 11 is 0. The first-order valence-corrected chi connectivity index (χ1v) is 6.87. The van der Waals surface area contributed by atoms with Crippen molar-refractivity contribution in [2.75, 3.05) is 33.7 Å². The molecule has 112 valence electrons. The van der Waals surface area contributed by atoms with E-state index in [0.29, 0.717) is 30.8 Å². The Labute approximate surface area is 123 Å². The molecule has 21 heavy (non-hydrogen) atoms. The van der Waals surface area contributed by atoms with E-state index in [-0.39, 0.29) is 17.8 Å². The molecule has 1 amide bonds. The minimum atomic E-state index is -0.366. The van der Waals surface area contributed by atoms with Crippen molar-refractivity contribution in [3.63, 3.8) is 0 Å².